The lowest BCUT2D eigenvalue weighted by Gasteiger charge is -2.22. The van der Waals surface area contributed by atoms with E-state index in [0.29, 0.717) is 10.8 Å². The van der Waals surface area contributed by atoms with E-state index in [9.17, 15) is 0 Å². The van der Waals surface area contributed by atoms with E-state index in [0.717, 1.165) is 11.4 Å². The molecule has 1 atom stereocenters. The number of hydrogen-bond donors (Lipinski definition) is 1. The van der Waals surface area contributed by atoms with Gasteiger partial charge in [0, 0.05) is 28.9 Å². The van der Waals surface area contributed by atoms with Crippen LogP contribution >= 0.6 is 11.8 Å². The molecule has 0 aliphatic rings. The molecule has 1 N–H and O–H groups in total. The maximum absolute atomic E-state index is 4.18. The van der Waals surface area contributed by atoms with Gasteiger partial charge in [0.15, 0.2) is 0 Å². The fraction of sp³-hybridized carbons (Fsp3) is 0.615. The zero-order valence-electron chi connectivity index (χ0n) is 10.9. The highest BCUT2D eigenvalue weighted by molar-refractivity contribution is 8.00. The number of aromatic nitrogens is 1. The number of aryl methyl sites for hydroxylation is 1. The second kappa shape index (κ2) is 5.58. The van der Waals surface area contributed by atoms with Gasteiger partial charge < -0.3 is 5.32 Å². The Hall–Kier alpha value is -0.700. The van der Waals surface area contributed by atoms with Crippen LogP contribution in [0.1, 0.15) is 33.3 Å². The van der Waals surface area contributed by atoms with Gasteiger partial charge in [-0.05, 0) is 25.5 Å². The Morgan fingerprint density at radius 1 is 1.38 bits per heavy atom. The molecule has 0 saturated carbocycles. The second-order valence-electron chi connectivity index (χ2n) is 5.22. The van der Waals surface area contributed by atoms with Gasteiger partial charge in [-0.15, -0.1) is 0 Å². The molecule has 1 unspecified atom stereocenters. The van der Waals surface area contributed by atoms with Crippen LogP contribution in [0.3, 0.4) is 0 Å². The summed E-state index contributed by atoms with van der Waals surface area (Å²) in [5.41, 5.74) is 2.31. The number of hydrogen-bond acceptors (Lipinski definition) is 3. The summed E-state index contributed by atoms with van der Waals surface area (Å²) >= 11 is 1.98. The molecule has 0 aromatic carbocycles. The third-order valence-electron chi connectivity index (χ3n) is 2.05. The van der Waals surface area contributed by atoms with E-state index in [1.807, 2.05) is 24.2 Å². The zero-order valence-corrected chi connectivity index (χ0v) is 11.7. The van der Waals surface area contributed by atoms with E-state index < -0.39 is 0 Å². The smallest absolute Gasteiger partial charge is 0.0531 e. The van der Waals surface area contributed by atoms with Crippen LogP contribution < -0.4 is 5.32 Å². The summed E-state index contributed by atoms with van der Waals surface area (Å²) in [6.07, 6.45) is 3.75. The van der Waals surface area contributed by atoms with E-state index >= 15 is 0 Å². The van der Waals surface area contributed by atoms with Crippen LogP contribution in [-0.2, 0) is 0 Å². The van der Waals surface area contributed by atoms with Crippen molar-refractivity contribution in [3.05, 3.63) is 24.0 Å². The molecule has 0 amide bonds. The molecular weight excluding hydrogens is 216 g/mol. The molecule has 16 heavy (non-hydrogen) atoms. The molecule has 0 saturated heterocycles. The molecule has 0 radical (unpaired) electrons. The number of nitrogens with one attached hydrogen (secondary N) is 1. The van der Waals surface area contributed by atoms with Crippen molar-refractivity contribution in [1.29, 1.82) is 0 Å². The molecular formula is C13H22N2S. The monoisotopic (exact) mass is 238 g/mol. The first-order valence-electron chi connectivity index (χ1n) is 5.69. The number of rotatable bonds is 4. The number of pyridine rings is 1. The zero-order chi connectivity index (χ0) is 12.2. The maximum atomic E-state index is 4.18. The van der Waals surface area contributed by atoms with Gasteiger partial charge in [-0.1, -0.05) is 20.8 Å². The van der Waals surface area contributed by atoms with Crippen molar-refractivity contribution in [3.8, 4) is 0 Å². The SMILES string of the molecule is Cc1cncc(NC(C)CSC(C)(C)C)c1. The van der Waals surface area contributed by atoms with Crippen molar-refractivity contribution in [2.75, 3.05) is 11.1 Å². The van der Waals surface area contributed by atoms with Crippen LogP contribution in [-0.4, -0.2) is 21.5 Å². The van der Waals surface area contributed by atoms with Crippen LogP contribution in [0.15, 0.2) is 18.5 Å². The molecule has 1 heterocycles. The quantitative estimate of drug-likeness (QED) is 0.865. The molecule has 1 rings (SSSR count). The van der Waals surface area contributed by atoms with Crippen LogP contribution in [0, 0.1) is 6.92 Å². The number of thioether (sulfide) groups is 1. The number of anilines is 1. The van der Waals surface area contributed by atoms with E-state index in [1.165, 1.54) is 5.56 Å². The fourth-order valence-electron chi connectivity index (χ4n) is 1.34. The van der Waals surface area contributed by atoms with E-state index in [1.54, 1.807) is 0 Å². The average molecular weight is 238 g/mol. The predicted octanol–water partition coefficient (Wildman–Crippen LogP) is 3.72. The normalized spacial score (nSPS) is 13.6. The van der Waals surface area contributed by atoms with E-state index in [-0.39, 0.29) is 0 Å². The van der Waals surface area contributed by atoms with Crippen molar-refractivity contribution in [3.63, 3.8) is 0 Å². The van der Waals surface area contributed by atoms with Gasteiger partial charge in [-0.25, -0.2) is 0 Å². The van der Waals surface area contributed by atoms with Gasteiger partial charge in [0.05, 0.1) is 5.69 Å². The summed E-state index contributed by atoms with van der Waals surface area (Å²) in [6.45, 7) is 11.0. The molecule has 2 nitrogen and oxygen atoms in total. The highest BCUT2D eigenvalue weighted by Gasteiger charge is 2.12. The van der Waals surface area contributed by atoms with Crippen LogP contribution in [0.2, 0.25) is 0 Å². The van der Waals surface area contributed by atoms with Gasteiger partial charge in [-0.2, -0.15) is 11.8 Å². The van der Waals surface area contributed by atoms with Gasteiger partial charge in [0.1, 0.15) is 0 Å². The first-order valence-corrected chi connectivity index (χ1v) is 6.67. The summed E-state index contributed by atoms with van der Waals surface area (Å²) in [5.74, 6) is 1.11. The minimum absolute atomic E-state index is 0.334. The molecule has 0 aliphatic carbocycles. The van der Waals surface area contributed by atoms with E-state index in [2.05, 4.69) is 51.0 Å². The average Bonchev–Trinajstić information content (AvgIpc) is 2.14. The second-order valence-corrected chi connectivity index (χ2v) is 7.07. The molecule has 3 heteroatoms. The molecule has 1 aromatic heterocycles. The number of nitrogens with zero attached hydrogens (tertiary/aromatic N) is 1. The van der Waals surface area contributed by atoms with Gasteiger partial charge in [-0.3, -0.25) is 4.98 Å². The van der Waals surface area contributed by atoms with Crippen LogP contribution in [0.5, 0.6) is 0 Å². The Kier molecular flexibility index (Phi) is 4.66. The van der Waals surface area contributed by atoms with Gasteiger partial charge in [0.2, 0.25) is 0 Å². The molecule has 0 fully saturated rings. The van der Waals surface area contributed by atoms with Crippen molar-refractivity contribution < 1.29 is 0 Å². The van der Waals surface area contributed by atoms with Crippen LogP contribution in [0.25, 0.3) is 0 Å². The largest absolute Gasteiger partial charge is 0.381 e. The molecule has 0 aliphatic heterocycles. The Morgan fingerprint density at radius 2 is 2.06 bits per heavy atom. The summed E-state index contributed by atoms with van der Waals surface area (Å²) in [4.78, 5) is 4.18. The third kappa shape index (κ3) is 5.40. The first kappa shape index (κ1) is 13.4. The van der Waals surface area contributed by atoms with Crippen molar-refractivity contribution in [2.24, 2.45) is 0 Å². The highest BCUT2D eigenvalue weighted by Crippen LogP contribution is 2.24. The first-order chi connectivity index (χ1) is 7.37. The highest BCUT2D eigenvalue weighted by atomic mass is 32.2. The Bertz CT molecular complexity index is 331. The lowest BCUT2D eigenvalue weighted by atomic mass is 10.2. The molecule has 0 bridgehead atoms. The maximum Gasteiger partial charge on any atom is 0.0531 e. The fourth-order valence-corrected chi connectivity index (χ4v) is 2.17. The summed E-state index contributed by atoms with van der Waals surface area (Å²) in [6, 6.07) is 2.60. The van der Waals surface area contributed by atoms with Crippen molar-refractivity contribution >= 4 is 17.4 Å². The Morgan fingerprint density at radius 3 is 2.62 bits per heavy atom. The molecule has 1 aromatic rings. The molecule has 90 valence electrons. The summed E-state index contributed by atoms with van der Waals surface area (Å²) in [7, 11) is 0. The minimum atomic E-state index is 0.334. The predicted molar refractivity (Wildman–Crippen MR) is 74.3 cm³/mol. The van der Waals surface area contributed by atoms with E-state index in [4.69, 9.17) is 0 Å². The summed E-state index contributed by atoms with van der Waals surface area (Å²) < 4.78 is 0.334. The van der Waals surface area contributed by atoms with Crippen LogP contribution in [0.4, 0.5) is 5.69 Å². The minimum Gasteiger partial charge on any atom is -0.381 e. The Balaban J connectivity index is 2.43. The lowest BCUT2D eigenvalue weighted by Crippen LogP contribution is -2.21. The summed E-state index contributed by atoms with van der Waals surface area (Å²) in [5, 5.41) is 3.47. The van der Waals surface area contributed by atoms with Gasteiger partial charge >= 0.3 is 0 Å². The van der Waals surface area contributed by atoms with Crippen molar-refractivity contribution in [1.82, 2.24) is 4.98 Å². The third-order valence-corrected chi connectivity index (χ3v) is 3.59. The lowest BCUT2D eigenvalue weighted by molar-refractivity contribution is 0.793. The standard InChI is InChI=1S/C13H22N2S/c1-10-6-12(8-14-7-10)15-11(2)9-16-13(3,4)5/h6-8,11,15H,9H2,1-5H3. The molecule has 0 spiro atoms. The van der Waals surface area contributed by atoms with Crippen molar-refractivity contribution in [2.45, 2.75) is 45.4 Å². The van der Waals surface area contributed by atoms with Gasteiger partial charge in [0.25, 0.3) is 0 Å². The topological polar surface area (TPSA) is 24.9 Å². The Labute approximate surface area is 103 Å².